The fourth-order valence-electron chi connectivity index (χ4n) is 4.85. The third kappa shape index (κ3) is 16.9. The average Bonchev–Trinajstić information content (AvgIpc) is 3.08. The summed E-state index contributed by atoms with van der Waals surface area (Å²) >= 11 is 0. The van der Waals surface area contributed by atoms with Crippen molar-refractivity contribution in [1.82, 2.24) is 37.2 Å². The first-order valence-electron chi connectivity index (χ1n) is 18.2. The molecule has 304 valence electrons. The first-order valence-corrected chi connectivity index (χ1v) is 18.2. The summed E-state index contributed by atoms with van der Waals surface area (Å²) < 4.78 is 0. The van der Waals surface area contributed by atoms with Crippen LogP contribution in [-0.4, -0.2) is 112 Å². The smallest absolute Gasteiger partial charge is 0.325 e. The number of aliphatic hydroxyl groups excluding tert-OH is 1. The van der Waals surface area contributed by atoms with Crippen molar-refractivity contribution in [1.29, 1.82) is 0 Å². The van der Waals surface area contributed by atoms with E-state index in [1.54, 1.807) is 34.6 Å². The summed E-state index contributed by atoms with van der Waals surface area (Å²) in [5, 5.41) is 36.8. The van der Waals surface area contributed by atoms with Gasteiger partial charge in [-0.3, -0.25) is 38.4 Å². The number of amides is 7. The van der Waals surface area contributed by atoms with Crippen molar-refractivity contribution < 1.29 is 48.6 Å². The average molecular weight is 757 g/mol. The van der Waals surface area contributed by atoms with Gasteiger partial charge in [-0.05, 0) is 50.9 Å². The van der Waals surface area contributed by atoms with Crippen LogP contribution in [0.4, 0.5) is 0 Å². The third-order valence-electron chi connectivity index (χ3n) is 8.93. The van der Waals surface area contributed by atoms with Crippen molar-refractivity contribution in [2.24, 2.45) is 29.4 Å². The number of carboxylic acids is 1. The Morgan fingerprint density at radius 1 is 0.566 bits per heavy atom. The predicted molar refractivity (Wildman–Crippen MR) is 196 cm³/mol. The van der Waals surface area contributed by atoms with Crippen molar-refractivity contribution in [3.05, 3.63) is 0 Å². The molecule has 0 heterocycles. The van der Waals surface area contributed by atoms with E-state index in [2.05, 4.69) is 37.2 Å². The topological polar surface area (TPSA) is 287 Å². The van der Waals surface area contributed by atoms with Crippen molar-refractivity contribution in [3.8, 4) is 0 Å². The van der Waals surface area contributed by atoms with Crippen LogP contribution < -0.4 is 43.0 Å². The number of hydrogen-bond donors (Lipinski definition) is 10. The van der Waals surface area contributed by atoms with Gasteiger partial charge in [-0.25, -0.2) is 0 Å². The van der Waals surface area contributed by atoms with Crippen LogP contribution in [0, 0.1) is 23.7 Å². The van der Waals surface area contributed by atoms with Gasteiger partial charge in [0.15, 0.2) is 0 Å². The Morgan fingerprint density at radius 3 is 1.43 bits per heavy atom. The molecule has 18 nitrogen and oxygen atoms in total. The molecule has 18 heteroatoms. The summed E-state index contributed by atoms with van der Waals surface area (Å²) in [6.07, 6.45) is -0.321. The van der Waals surface area contributed by atoms with Crippen LogP contribution in [0.3, 0.4) is 0 Å². The summed E-state index contributed by atoms with van der Waals surface area (Å²) in [5.74, 6) is -7.38. The molecule has 0 aromatic heterocycles. The third-order valence-corrected chi connectivity index (χ3v) is 8.93. The summed E-state index contributed by atoms with van der Waals surface area (Å²) in [4.78, 5) is 102. The zero-order valence-corrected chi connectivity index (χ0v) is 33.0. The highest BCUT2D eigenvalue weighted by atomic mass is 16.4. The van der Waals surface area contributed by atoms with Gasteiger partial charge in [0.2, 0.25) is 41.4 Å². The van der Waals surface area contributed by atoms with Gasteiger partial charge in [0, 0.05) is 0 Å². The molecule has 7 amide bonds. The number of rotatable bonds is 23. The molecule has 0 bridgehead atoms. The fourth-order valence-corrected chi connectivity index (χ4v) is 4.85. The Balaban J connectivity index is 5.86. The van der Waals surface area contributed by atoms with Gasteiger partial charge in [0.25, 0.3) is 0 Å². The van der Waals surface area contributed by atoms with Gasteiger partial charge < -0.3 is 53.2 Å². The lowest BCUT2D eigenvalue weighted by Gasteiger charge is -2.30. The molecule has 0 aliphatic heterocycles. The summed E-state index contributed by atoms with van der Waals surface area (Å²) in [6, 6.07) is -8.23. The van der Waals surface area contributed by atoms with Crippen LogP contribution in [0.25, 0.3) is 0 Å². The molecule has 0 aromatic carbocycles. The van der Waals surface area contributed by atoms with Gasteiger partial charge in [-0.1, -0.05) is 68.2 Å². The van der Waals surface area contributed by atoms with Crippen LogP contribution in [0.2, 0.25) is 0 Å². The Kier molecular flexibility index (Phi) is 21.5. The van der Waals surface area contributed by atoms with Crippen molar-refractivity contribution in [2.75, 3.05) is 6.54 Å². The molecule has 0 saturated carbocycles. The molecule has 0 unspecified atom stereocenters. The molecular formula is C35H64N8O10. The highest BCUT2D eigenvalue weighted by molar-refractivity contribution is 5.97. The van der Waals surface area contributed by atoms with Gasteiger partial charge in [0.05, 0.1) is 18.7 Å². The number of carboxylic acid groups (broad SMARTS) is 1. The lowest BCUT2D eigenvalue weighted by atomic mass is 9.96. The van der Waals surface area contributed by atoms with Gasteiger partial charge in [0.1, 0.15) is 36.3 Å². The number of nitrogens with two attached hydrogens (primary N) is 1. The zero-order chi connectivity index (χ0) is 41.3. The highest BCUT2D eigenvalue weighted by Crippen LogP contribution is 2.13. The second-order valence-corrected chi connectivity index (χ2v) is 14.5. The van der Waals surface area contributed by atoms with Crippen LogP contribution in [0.5, 0.6) is 0 Å². The van der Waals surface area contributed by atoms with Crippen molar-refractivity contribution in [2.45, 2.75) is 144 Å². The SMILES string of the molecule is CC[C@H](C)[C@H](NC(=O)[C@H](C)NC(=O)[C@@H](NC(=O)[C@H](CC(C)C)NC(=O)CNC(=O)[C@@H](N)C(C)C)[C@@H](C)CC)C(=O)N[C@H](C(=O)N[C@@H](C)C(=O)O)[C@@H](C)O. The summed E-state index contributed by atoms with van der Waals surface area (Å²) in [6.45, 7) is 17.6. The number of carbonyl (C=O) groups excluding carboxylic acids is 7. The van der Waals surface area contributed by atoms with E-state index in [1.807, 2.05) is 20.8 Å². The molecule has 0 aliphatic carbocycles. The Hall–Kier alpha value is -4.32. The predicted octanol–water partition coefficient (Wildman–Crippen LogP) is -1.36. The number of aliphatic hydroxyl groups is 1. The quantitative estimate of drug-likeness (QED) is 0.0581. The Morgan fingerprint density at radius 2 is 1.00 bits per heavy atom. The lowest BCUT2D eigenvalue weighted by molar-refractivity contribution is -0.142. The van der Waals surface area contributed by atoms with Gasteiger partial charge in [-0.2, -0.15) is 0 Å². The maximum atomic E-state index is 13.6. The maximum Gasteiger partial charge on any atom is 0.325 e. The molecule has 11 N–H and O–H groups in total. The van der Waals surface area contributed by atoms with Crippen LogP contribution >= 0.6 is 0 Å². The minimum atomic E-state index is -1.53. The Bertz CT molecular complexity index is 1280. The summed E-state index contributed by atoms with van der Waals surface area (Å²) in [5.41, 5.74) is 5.83. The second-order valence-electron chi connectivity index (χ2n) is 14.5. The number of carbonyl (C=O) groups is 8. The van der Waals surface area contributed by atoms with Crippen LogP contribution in [-0.2, 0) is 38.4 Å². The number of nitrogens with one attached hydrogen (secondary N) is 7. The van der Waals surface area contributed by atoms with Gasteiger partial charge in [-0.15, -0.1) is 0 Å². The van der Waals surface area contributed by atoms with Crippen LogP contribution in [0.1, 0.15) is 95.4 Å². The number of hydrogen-bond acceptors (Lipinski definition) is 10. The standard InChI is InChI=1S/C35H64N8O10/c1-12-18(7)26(42-30(47)23(14-16(3)4)40-24(45)15-37-31(48)25(36)17(5)6)32(49)38-20(9)29(46)41-27(19(8)13-2)33(50)43-28(22(11)44)34(51)39-21(10)35(52)53/h16-23,25-28,44H,12-15,36H2,1-11H3,(H,37,48)(H,38,49)(H,39,51)(H,40,45)(H,41,46)(H,42,47)(H,43,50)(H,52,53)/t18-,19-,20-,21-,22+,23-,25-,26-,27-,28-/m0/s1. The van der Waals surface area contributed by atoms with E-state index in [-0.39, 0.29) is 18.3 Å². The summed E-state index contributed by atoms with van der Waals surface area (Å²) in [7, 11) is 0. The molecule has 0 aliphatic rings. The minimum Gasteiger partial charge on any atom is -0.480 e. The van der Waals surface area contributed by atoms with Crippen molar-refractivity contribution in [3.63, 3.8) is 0 Å². The first-order chi connectivity index (χ1) is 24.5. The maximum absolute atomic E-state index is 13.6. The van der Waals surface area contributed by atoms with E-state index in [9.17, 15) is 43.5 Å². The van der Waals surface area contributed by atoms with Crippen LogP contribution in [0.15, 0.2) is 0 Å². The normalized spacial score (nSPS) is 17.0. The molecule has 53 heavy (non-hydrogen) atoms. The van der Waals surface area contributed by atoms with E-state index in [0.29, 0.717) is 12.8 Å². The van der Waals surface area contributed by atoms with E-state index in [1.165, 1.54) is 20.8 Å². The molecule has 10 atom stereocenters. The molecule has 0 radical (unpaired) electrons. The van der Waals surface area contributed by atoms with E-state index in [4.69, 9.17) is 10.8 Å². The molecular weight excluding hydrogens is 692 g/mol. The largest absolute Gasteiger partial charge is 0.480 e. The second kappa shape index (κ2) is 23.4. The molecule has 0 aromatic rings. The van der Waals surface area contributed by atoms with Gasteiger partial charge >= 0.3 is 5.97 Å². The molecule has 0 saturated heterocycles. The molecule has 0 rings (SSSR count). The first kappa shape index (κ1) is 48.7. The number of aliphatic carboxylic acids is 1. The van der Waals surface area contributed by atoms with E-state index < -0.39 is 114 Å². The lowest BCUT2D eigenvalue weighted by Crippen LogP contribution is -2.62. The highest BCUT2D eigenvalue weighted by Gasteiger charge is 2.35. The Labute approximate surface area is 312 Å². The molecule has 0 spiro atoms. The van der Waals surface area contributed by atoms with Crippen molar-refractivity contribution >= 4 is 47.3 Å². The monoisotopic (exact) mass is 756 g/mol. The van der Waals surface area contributed by atoms with E-state index in [0.717, 1.165) is 0 Å². The minimum absolute atomic E-state index is 0.0381. The fraction of sp³-hybridized carbons (Fsp3) is 0.771. The van der Waals surface area contributed by atoms with E-state index >= 15 is 0 Å². The molecule has 0 fully saturated rings. The zero-order valence-electron chi connectivity index (χ0n) is 33.0.